The fourth-order valence-electron chi connectivity index (χ4n) is 3.04. The molecule has 180 valence electrons. The molecule has 33 heavy (non-hydrogen) atoms. The van der Waals surface area contributed by atoms with Gasteiger partial charge in [0.2, 0.25) is 5.91 Å². The molecule has 3 rings (SSSR count). The van der Waals surface area contributed by atoms with E-state index in [0.717, 1.165) is 17.4 Å². The van der Waals surface area contributed by atoms with Crippen molar-refractivity contribution >= 4 is 46.1 Å². The van der Waals surface area contributed by atoms with Crippen molar-refractivity contribution in [3.05, 3.63) is 66.1 Å². The summed E-state index contributed by atoms with van der Waals surface area (Å²) in [6.45, 7) is 14.2. The molecule has 9 heteroatoms. The van der Waals surface area contributed by atoms with Crippen LogP contribution in [0.3, 0.4) is 0 Å². The van der Waals surface area contributed by atoms with Crippen molar-refractivity contribution in [1.82, 2.24) is 15.2 Å². The Morgan fingerprint density at radius 3 is 2.58 bits per heavy atom. The van der Waals surface area contributed by atoms with Gasteiger partial charge in [-0.3, -0.25) is 9.59 Å². The van der Waals surface area contributed by atoms with Gasteiger partial charge >= 0.3 is 5.97 Å². The minimum absolute atomic E-state index is 0.0167. The molecule has 1 aromatic heterocycles. The van der Waals surface area contributed by atoms with E-state index < -0.39 is 6.04 Å². The van der Waals surface area contributed by atoms with Crippen LogP contribution < -0.4 is 16.6 Å². The van der Waals surface area contributed by atoms with E-state index in [1.54, 1.807) is 12.3 Å². The highest BCUT2D eigenvalue weighted by Crippen LogP contribution is 2.18. The molecule has 0 spiro atoms. The maximum Gasteiger partial charge on any atom is 0.328 e. The maximum absolute atomic E-state index is 11.7. The normalized spacial score (nSPS) is 13.7. The number of nitrogens with one attached hydrogen (secondary N) is 2. The van der Waals surface area contributed by atoms with Crippen molar-refractivity contribution in [1.29, 1.82) is 0 Å². The van der Waals surface area contributed by atoms with Gasteiger partial charge in [0.05, 0.1) is 13.7 Å². The van der Waals surface area contributed by atoms with E-state index in [0.29, 0.717) is 18.4 Å². The summed E-state index contributed by atoms with van der Waals surface area (Å²) >= 11 is 4.60. The lowest BCUT2D eigenvalue weighted by atomic mass is 10.1. The van der Waals surface area contributed by atoms with Crippen molar-refractivity contribution < 1.29 is 14.3 Å². The number of nitrogens with two attached hydrogens (primary N) is 1. The number of aromatic nitrogens is 1. The highest BCUT2D eigenvalue weighted by molar-refractivity contribution is 7.80. The third-order valence-corrected chi connectivity index (χ3v) is 4.64. The molecule has 1 saturated heterocycles. The lowest BCUT2D eigenvalue weighted by Gasteiger charge is -2.22. The Kier molecular flexibility index (Phi) is 14.5. The fourth-order valence-corrected chi connectivity index (χ4v) is 3.11. The molecular formula is C24H34N4O4S. The molecule has 0 bridgehead atoms. The van der Waals surface area contributed by atoms with E-state index >= 15 is 0 Å². The Balaban J connectivity index is 0.000000546. The number of pyridine rings is 1. The molecule has 8 nitrogen and oxygen atoms in total. The number of carbonyl (C=O) groups is 2. The number of benzene rings is 1. The number of methoxy groups -OCH3 is 1. The monoisotopic (exact) mass is 474 g/mol. The van der Waals surface area contributed by atoms with Gasteiger partial charge in [0.15, 0.2) is 5.11 Å². The molecule has 1 amide bonds. The molecule has 0 saturated carbocycles. The number of carbonyl (C=O) groups excluding carboxylic acids is 2. The highest BCUT2D eigenvalue weighted by atomic mass is 32.1. The molecule has 2 heterocycles. The van der Waals surface area contributed by atoms with Gasteiger partial charge in [-0.15, -0.1) is 13.2 Å². The first-order chi connectivity index (χ1) is 15.9. The van der Waals surface area contributed by atoms with Crippen LogP contribution in [0.15, 0.2) is 55.0 Å². The van der Waals surface area contributed by atoms with E-state index in [9.17, 15) is 14.4 Å². The largest absolute Gasteiger partial charge is 0.467 e. The van der Waals surface area contributed by atoms with Crippen molar-refractivity contribution in [2.24, 2.45) is 5.73 Å². The number of hydrogen-bond acceptors (Lipinski definition) is 5. The summed E-state index contributed by atoms with van der Waals surface area (Å²) in [6, 6.07) is 7.10. The van der Waals surface area contributed by atoms with Gasteiger partial charge in [0, 0.05) is 18.1 Å². The average molecular weight is 475 g/mol. The number of nitrogens with zero attached hydrogens (tertiary/aromatic N) is 1. The minimum Gasteiger partial charge on any atom is -0.467 e. The van der Waals surface area contributed by atoms with Crippen LogP contribution in [0.1, 0.15) is 32.3 Å². The number of rotatable bonds is 4. The molecule has 0 unspecified atom stereocenters. The summed E-state index contributed by atoms with van der Waals surface area (Å²) in [4.78, 5) is 38.6. The van der Waals surface area contributed by atoms with Crippen molar-refractivity contribution in [2.75, 3.05) is 20.2 Å². The Morgan fingerprint density at radius 1 is 1.33 bits per heavy atom. The zero-order chi connectivity index (χ0) is 25.4. The van der Waals surface area contributed by atoms with Crippen LogP contribution >= 0.6 is 12.2 Å². The molecule has 1 aromatic carbocycles. The summed E-state index contributed by atoms with van der Waals surface area (Å²) < 4.78 is 4.64. The van der Waals surface area contributed by atoms with Crippen LogP contribution in [0.25, 0.3) is 16.8 Å². The Hall–Kier alpha value is -3.46. The Bertz CT molecular complexity index is 990. The van der Waals surface area contributed by atoms with Gasteiger partial charge < -0.3 is 25.7 Å². The summed E-state index contributed by atoms with van der Waals surface area (Å²) in [5.74, 6) is -0.568. The number of amides is 1. The number of H-pyrrole nitrogens is 1. The fraction of sp³-hybridized carbons (Fsp3) is 0.333. The minimum atomic E-state index is -0.467. The number of esters is 1. The predicted molar refractivity (Wildman–Crippen MR) is 139 cm³/mol. The molecule has 4 N–H and O–H groups in total. The molecule has 1 aliphatic heterocycles. The van der Waals surface area contributed by atoms with Gasteiger partial charge in [0.25, 0.3) is 5.56 Å². The molecule has 0 radical (unpaired) electrons. The van der Waals surface area contributed by atoms with E-state index in [1.807, 2.05) is 38.1 Å². The second kappa shape index (κ2) is 16.2. The van der Waals surface area contributed by atoms with Crippen LogP contribution in [0, 0.1) is 0 Å². The quantitative estimate of drug-likeness (QED) is 0.354. The first kappa shape index (κ1) is 29.5. The van der Waals surface area contributed by atoms with Crippen LogP contribution in [0.2, 0.25) is 0 Å². The molecule has 2 aromatic rings. The summed E-state index contributed by atoms with van der Waals surface area (Å²) in [5, 5.41) is 4.30. The maximum atomic E-state index is 11.7. The van der Waals surface area contributed by atoms with E-state index in [2.05, 4.69) is 47.0 Å². The number of ether oxygens (including phenoxy) is 1. The third kappa shape index (κ3) is 9.28. The van der Waals surface area contributed by atoms with Crippen LogP contribution in [0.5, 0.6) is 0 Å². The summed E-state index contributed by atoms with van der Waals surface area (Å²) in [6.07, 6.45) is 4.83. The third-order valence-electron chi connectivity index (χ3n) is 4.50. The predicted octanol–water partition coefficient (Wildman–Crippen LogP) is 2.98. The zero-order valence-corrected chi connectivity index (χ0v) is 20.4. The van der Waals surface area contributed by atoms with Gasteiger partial charge in [0.1, 0.15) is 6.04 Å². The smallest absolute Gasteiger partial charge is 0.328 e. The van der Waals surface area contributed by atoms with E-state index in [1.165, 1.54) is 12.0 Å². The molecule has 1 aliphatic rings. The molecule has 1 atom stereocenters. The summed E-state index contributed by atoms with van der Waals surface area (Å²) in [7, 11) is 1.32. The first-order valence-electron chi connectivity index (χ1n) is 10.5. The lowest BCUT2D eigenvalue weighted by molar-refractivity contribution is -0.150. The molecule has 0 aliphatic carbocycles. The highest BCUT2D eigenvalue weighted by Gasteiger charge is 2.34. The van der Waals surface area contributed by atoms with Crippen molar-refractivity contribution in [3.8, 4) is 0 Å². The molecular weight excluding hydrogens is 440 g/mol. The molecule has 1 fully saturated rings. The second-order valence-corrected chi connectivity index (χ2v) is 6.78. The van der Waals surface area contributed by atoms with E-state index in [-0.39, 0.29) is 29.1 Å². The first-order valence-corrected chi connectivity index (χ1v) is 10.9. The van der Waals surface area contributed by atoms with Crippen molar-refractivity contribution in [3.63, 3.8) is 0 Å². The SMILES string of the molecule is C=C.C=Cc1ccc2cc[nH]c(=O)c2c1.CC.COC(=O)[C@@H]1CCCN1C(=O)CNC(N)=S. The van der Waals surface area contributed by atoms with Crippen molar-refractivity contribution in [2.45, 2.75) is 32.7 Å². The topological polar surface area (TPSA) is 118 Å². The Labute approximate surface area is 200 Å². The van der Waals surface area contributed by atoms with Gasteiger partial charge in [-0.1, -0.05) is 38.6 Å². The Morgan fingerprint density at radius 2 is 2.00 bits per heavy atom. The van der Waals surface area contributed by atoms with Crippen LogP contribution in [-0.2, 0) is 14.3 Å². The van der Waals surface area contributed by atoms with Gasteiger partial charge in [-0.05, 0) is 48.1 Å². The van der Waals surface area contributed by atoms with E-state index in [4.69, 9.17) is 5.73 Å². The number of hydrogen-bond donors (Lipinski definition) is 3. The van der Waals surface area contributed by atoms with Gasteiger partial charge in [-0.25, -0.2) is 4.79 Å². The summed E-state index contributed by atoms with van der Waals surface area (Å²) in [5.41, 5.74) is 6.13. The number of thiocarbonyl (C=S) groups is 1. The zero-order valence-electron chi connectivity index (χ0n) is 19.6. The lowest BCUT2D eigenvalue weighted by Crippen LogP contribution is -2.46. The number of likely N-dealkylation sites (tertiary alicyclic amines) is 1. The van der Waals surface area contributed by atoms with Gasteiger partial charge in [-0.2, -0.15) is 0 Å². The standard InChI is InChI=1S/C11H9NO.C9H15N3O3S.C2H6.C2H4/c1-2-8-3-4-9-5-6-12-11(13)10(9)7-8;1-15-8(14)6-3-2-4-12(6)7(13)5-11-9(10)16;2*1-2/h2-7H,1H2,(H,12,13);6H,2-5H2,1H3,(H3,10,11,16);1-2H3;1-2H2/t;6-;;/m.0../s1. The number of aromatic amines is 1. The van der Waals surface area contributed by atoms with Crippen LogP contribution in [-0.4, -0.2) is 53.1 Å². The average Bonchev–Trinajstić information content (AvgIpc) is 3.35. The van der Waals surface area contributed by atoms with Crippen LogP contribution in [0.4, 0.5) is 0 Å². The number of fused-ring (bicyclic) bond motifs is 1. The second-order valence-electron chi connectivity index (χ2n) is 6.34.